The molecule has 0 radical (unpaired) electrons. The third-order valence-electron chi connectivity index (χ3n) is 5.04. The van der Waals surface area contributed by atoms with Crippen molar-refractivity contribution >= 4 is 23.6 Å². The van der Waals surface area contributed by atoms with Crippen LogP contribution in [0.2, 0.25) is 0 Å². The number of hydrogen-bond acceptors (Lipinski definition) is 10. The summed E-state index contributed by atoms with van der Waals surface area (Å²) in [6, 6.07) is 3.88. The van der Waals surface area contributed by atoms with Crippen molar-refractivity contribution in [3.8, 4) is 24.7 Å². The average Bonchev–Trinajstić information content (AvgIpc) is 3.00. The van der Waals surface area contributed by atoms with E-state index in [-0.39, 0.29) is 56.2 Å². The molecule has 0 heterocycles. The number of carboxylic acids is 1. The Kier molecular flexibility index (Phi) is 21.1. The third kappa shape index (κ3) is 18.9. The van der Waals surface area contributed by atoms with E-state index in [1.54, 1.807) is 0 Å². The van der Waals surface area contributed by atoms with Crippen LogP contribution in [0.4, 0.5) is 0 Å². The lowest BCUT2D eigenvalue weighted by Gasteiger charge is -2.11. The number of hydrogen-bond donors (Lipinski definition) is 3. The first-order valence-electron chi connectivity index (χ1n) is 13.4. The Morgan fingerprint density at radius 2 is 0.977 bits per heavy atom. The van der Waals surface area contributed by atoms with E-state index in [1.165, 1.54) is 18.2 Å². The molecule has 0 aliphatic carbocycles. The summed E-state index contributed by atoms with van der Waals surface area (Å²) in [6.45, 7) is 3.92. The highest BCUT2D eigenvalue weighted by atomic mass is 16.5. The van der Waals surface area contributed by atoms with Gasteiger partial charge < -0.3 is 44.2 Å². The summed E-state index contributed by atoms with van der Waals surface area (Å²) < 4.78 is 31.6. The number of benzene rings is 1. The van der Waals surface area contributed by atoms with Gasteiger partial charge in [0.15, 0.2) is 5.78 Å². The van der Waals surface area contributed by atoms with Gasteiger partial charge in [0.1, 0.15) is 13.2 Å². The fraction of sp³-hybridized carbons (Fsp3) is 0.467. The van der Waals surface area contributed by atoms with Gasteiger partial charge in [0.25, 0.3) is 11.8 Å². The Morgan fingerprint density at radius 3 is 1.37 bits per heavy atom. The second-order valence-corrected chi connectivity index (χ2v) is 8.31. The molecule has 0 fully saturated rings. The minimum absolute atomic E-state index is 0.0328. The van der Waals surface area contributed by atoms with Crippen molar-refractivity contribution in [2.75, 3.05) is 92.4 Å². The zero-order valence-electron chi connectivity index (χ0n) is 24.0. The molecule has 2 amide bonds. The number of allylic oxidation sites excluding steroid dienone is 1. The van der Waals surface area contributed by atoms with Gasteiger partial charge in [-0.1, -0.05) is 11.8 Å². The van der Waals surface area contributed by atoms with E-state index in [1.807, 2.05) is 0 Å². The quantitative estimate of drug-likeness (QED) is 0.0611. The van der Waals surface area contributed by atoms with Crippen molar-refractivity contribution < 1.29 is 52.7 Å². The first-order valence-corrected chi connectivity index (χ1v) is 13.4. The van der Waals surface area contributed by atoms with Gasteiger partial charge in [-0.05, 0) is 24.3 Å². The summed E-state index contributed by atoms with van der Waals surface area (Å²) >= 11 is 0. The van der Waals surface area contributed by atoms with E-state index in [0.29, 0.717) is 58.9 Å². The second-order valence-electron chi connectivity index (χ2n) is 8.31. The van der Waals surface area contributed by atoms with Crippen molar-refractivity contribution in [2.45, 2.75) is 0 Å². The highest BCUT2D eigenvalue weighted by molar-refractivity contribution is 6.10. The normalized spacial score (nSPS) is 10.7. The Morgan fingerprint density at radius 1 is 0.605 bits per heavy atom. The zero-order chi connectivity index (χ0) is 31.5. The van der Waals surface area contributed by atoms with Gasteiger partial charge in [-0.2, -0.15) is 0 Å². The Bertz CT molecular complexity index is 1060. The molecule has 0 saturated heterocycles. The van der Waals surface area contributed by atoms with E-state index in [0.717, 1.165) is 6.08 Å². The van der Waals surface area contributed by atoms with Gasteiger partial charge >= 0.3 is 5.97 Å². The number of carbonyl (C=O) groups is 4. The lowest BCUT2D eigenvalue weighted by Crippen LogP contribution is -2.30. The fourth-order valence-corrected chi connectivity index (χ4v) is 3.09. The highest BCUT2D eigenvalue weighted by Crippen LogP contribution is 2.13. The minimum atomic E-state index is -1.31. The molecule has 43 heavy (non-hydrogen) atoms. The largest absolute Gasteiger partial charge is 0.478 e. The first kappa shape index (κ1) is 36.9. The van der Waals surface area contributed by atoms with Crippen LogP contribution < -0.4 is 10.6 Å². The highest BCUT2D eigenvalue weighted by Gasteiger charge is 2.16. The van der Waals surface area contributed by atoms with E-state index >= 15 is 0 Å². The molecular weight excluding hydrogens is 564 g/mol. The van der Waals surface area contributed by atoms with Gasteiger partial charge in [-0.3, -0.25) is 14.4 Å². The minimum Gasteiger partial charge on any atom is -0.478 e. The molecule has 0 aliphatic rings. The van der Waals surface area contributed by atoms with Crippen molar-refractivity contribution in [2.24, 2.45) is 0 Å². The van der Waals surface area contributed by atoms with Gasteiger partial charge in [-0.25, -0.2) is 4.79 Å². The molecule has 1 rings (SSSR count). The van der Waals surface area contributed by atoms with Crippen molar-refractivity contribution in [3.05, 3.63) is 47.0 Å². The number of carbonyl (C=O) groups excluding carboxylic acids is 3. The van der Waals surface area contributed by atoms with Crippen LogP contribution in [0.15, 0.2) is 30.4 Å². The van der Waals surface area contributed by atoms with Crippen molar-refractivity contribution in [1.29, 1.82) is 0 Å². The third-order valence-corrected chi connectivity index (χ3v) is 5.04. The number of terminal acetylenes is 2. The molecule has 0 aliphatic heterocycles. The summed E-state index contributed by atoms with van der Waals surface area (Å²) in [5.41, 5.74) is 0.0406. The summed E-state index contributed by atoms with van der Waals surface area (Å²) in [5, 5.41) is 14.1. The summed E-state index contributed by atoms with van der Waals surface area (Å²) in [5.74, 6) is 1.60. The standard InChI is InChI=1S/C30H38N2O11/c1-3-9-38-13-17-42-19-15-40-11-7-31-29(36)25-21-24(27(33)5-6-28(34)35)22-26(23-25)30(37)32-8-12-41-16-20-43-18-14-39-10-4-2/h1-2,5-6,21-23H,7-20H2,(H,31,36)(H,32,37)(H,34,35)/b6-5+. The molecule has 13 heteroatoms. The summed E-state index contributed by atoms with van der Waals surface area (Å²) in [7, 11) is 0. The number of amides is 2. The number of ketones is 1. The number of carboxylic acid groups (broad SMARTS) is 1. The summed E-state index contributed by atoms with van der Waals surface area (Å²) in [4.78, 5) is 48.8. The molecular formula is C30H38N2O11. The van der Waals surface area contributed by atoms with Gasteiger partial charge in [-0.15, -0.1) is 12.8 Å². The lowest BCUT2D eigenvalue weighted by atomic mass is 10.0. The summed E-state index contributed by atoms with van der Waals surface area (Å²) in [6.07, 6.45) is 11.7. The molecule has 0 unspecified atom stereocenters. The monoisotopic (exact) mass is 602 g/mol. The number of aliphatic carboxylic acids is 1. The van der Waals surface area contributed by atoms with Crippen LogP contribution in [0.1, 0.15) is 31.1 Å². The van der Waals surface area contributed by atoms with Crippen LogP contribution in [-0.2, 0) is 33.2 Å². The molecule has 0 bridgehead atoms. The Hall–Kier alpha value is -4.08. The van der Waals surface area contributed by atoms with E-state index < -0.39 is 23.6 Å². The van der Waals surface area contributed by atoms with E-state index in [4.69, 9.17) is 46.4 Å². The smallest absolute Gasteiger partial charge is 0.328 e. The topological polar surface area (TPSA) is 168 Å². The van der Waals surface area contributed by atoms with Crippen LogP contribution in [-0.4, -0.2) is 121 Å². The lowest BCUT2D eigenvalue weighted by molar-refractivity contribution is -0.131. The molecule has 13 nitrogen and oxygen atoms in total. The van der Waals surface area contributed by atoms with Gasteiger partial charge in [0, 0.05) is 35.9 Å². The maximum Gasteiger partial charge on any atom is 0.328 e. The molecule has 3 N–H and O–H groups in total. The van der Waals surface area contributed by atoms with Crippen LogP contribution in [0, 0.1) is 24.7 Å². The van der Waals surface area contributed by atoms with Crippen molar-refractivity contribution in [1.82, 2.24) is 10.6 Å². The van der Waals surface area contributed by atoms with Crippen molar-refractivity contribution in [3.63, 3.8) is 0 Å². The molecule has 1 aromatic carbocycles. The maximum atomic E-state index is 12.8. The number of ether oxygens (including phenoxy) is 6. The van der Waals surface area contributed by atoms with E-state index in [9.17, 15) is 19.2 Å². The molecule has 1 aromatic rings. The molecule has 234 valence electrons. The van der Waals surface area contributed by atoms with Crippen LogP contribution >= 0.6 is 0 Å². The van der Waals surface area contributed by atoms with Crippen LogP contribution in [0.5, 0.6) is 0 Å². The molecule has 0 atom stereocenters. The van der Waals surface area contributed by atoms with Gasteiger partial charge in [0.05, 0.1) is 66.1 Å². The Balaban J connectivity index is 2.57. The Labute approximate surface area is 251 Å². The van der Waals surface area contributed by atoms with Gasteiger partial charge in [0.2, 0.25) is 0 Å². The SMILES string of the molecule is C#CCOCCOCCOCCNC(=O)c1cc(C(=O)/C=C/C(=O)O)cc(C(=O)NCCOCCOCCOCC#C)c1. The number of rotatable bonds is 25. The second kappa shape index (κ2) is 24.5. The van der Waals surface area contributed by atoms with E-state index in [2.05, 4.69) is 22.5 Å². The predicted octanol–water partition coefficient (Wildman–Crippen LogP) is 0.336. The van der Waals surface area contributed by atoms with Crippen LogP contribution in [0.3, 0.4) is 0 Å². The molecule has 0 saturated carbocycles. The first-order chi connectivity index (χ1) is 20.9. The number of nitrogens with one attached hydrogen (secondary N) is 2. The van der Waals surface area contributed by atoms with Crippen LogP contribution in [0.25, 0.3) is 0 Å². The average molecular weight is 603 g/mol. The molecule has 0 aromatic heterocycles. The fourth-order valence-electron chi connectivity index (χ4n) is 3.09. The molecule has 0 spiro atoms. The zero-order valence-corrected chi connectivity index (χ0v) is 24.0. The maximum absolute atomic E-state index is 12.8. The predicted molar refractivity (Wildman–Crippen MR) is 155 cm³/mol.